The third kappa shape index (κ3) is 5.67. The number of anilines is 1. The van der Waals surface area contributed by atoms with Crippen LogP contribution in [0, 0.1) is 11.7 Å². The van der Waals surface area contributed by atoms with E-state index in [0.29, 0.717) is 29.2 Å². The summed E-state index contributed by atoms with van der Waals surface area (Å²) in [6.45, 7) is 3.77. The van der Waals surface area contributed by atoms with Crippen molar-refractivity contribution in [3.63, 3.8) is 0 Å². The van der Waals surface area contributed by atoms with Crippen LogP contribution < -0.4 is 4.90 Å². The number of aliphatic imine (C=N–C) groups is 1. The van der Waals surface area contributed by atoms with Crippen molar-refractivity contribution in [1.29, 1.82) is 4.78 Å². The van der Waals surface area contributed by atoms with E-state index in [-0.39, 0.29) is 29.8 Å². The Bertz CT molecular complexity index is 1430. The van der Waals surface area contributed by atoms with E-state index in [2.05, 4.69) is 30.3 Å². The van der Waals surface area contributed by atoms with Crippen LogP contribution >= 0.6 is 0 Å². The first-order valence-corrected chi connectivity index (χ1v) is 12.6. The molecule has 1 aliphatic rings. The lowest BCUT2D eigenvalue weighted by Gasteiger charge is -2.24. The van der Waals surface area contributed by atoms with Crippen LogP contribution in [0.1, 0.15) is 24.7 Å². The summed E-state index contributed by atoms with van der Waals surface area (Å²) in [6, 6.07) is 5.05. The lowest BCUT2D eigenvalue weighted by molar-refractivity contribution is -0.132. The molecule has 0 bridgehead atoms. The quantitative estimate of drug-likeness (QED) is 0.501. The number of halogens is 3. The first-order chi connectivity index (χ1) is 16.9. The van der Waals surface area contributed by atoms with Crippen LogP contribution in [0.3, 0.4) is 0 Å². The van der Waals surface area contributed by atoms with Crippen molar-refractivity contribution in [2.24, 2.45) is 10.1 Å². The normalized spacial score (nSPS) is 15.9. The molecule has 3 aromatic rings. The van der Waals surface area contributed by atoms with Gasteiger partial charge in [-0.15, -0.1) is 15.3 Å². The molecule has 0 amide bonds. The minimum absolute atomic E-state index is 0.0970. The summed E-state index contributed by atoms with van der Waals surface area (Å²) >= 11 is 0. The van der Waals surface area contributed by atoms with Crippen LogP contribution in [0.2, 0.25) is 0 Å². The molecule has 36 heavy (non-hydrogen) atoms. The van der Waals surface area contributed by atoms with Gasteiger partial charge in [0.1, 0.15) is 5.69 Å². The Morgan fingerprint density at radius 3 is 2.58 bits per heavy atom. The standard InChI is InChI=1S/C21H22F3N9O2S/c1-4-32(10-7-21(22,23)24)14-5-6-15(13(2)11-14)28-17-19-30-29-18(16-12-26-8-9-27-16)33(19)31-20(17)35-36(3,25)34/h5-6,8-9,11-12,25H,4,7,10H2,1-3H3/b28-17+. The van der Waals surface area contributed by atoms with Gasteiger partial charge < -0.3 is 9.08 Å². The van der Waals surface area contributed by atoms with Gasteiger partial charge in [-0.1, -0.05) is 0 Å². The average molecular weight is 522 g/mol. The molecule has 2 aromatic heterocycles. The summed E-state index contributed by atoms with van der Waals surface area (Å²) in [5, 5.41) is 12.5. The maximum Gasteiger partial charge on any atom is 0.390 e. The van der Waals surface area contributed by atoms with Crippen LogP contribution in [-0.4, -0.2) is 66.2 Å². The molecule has 1 aromatic carbocycles. The molecule has 1 unspecified atom stereocenters. The minimum Gasteiger partial charge on any atom is -0.371 e. The number of fused-ring (bicyclic) bond motifs is 1. The summed E-state index contributed by atoms with van der Waals surface area (Å²) in [6.07, 6.45) is 0.366. The molecule has 190 valence electrons. The molecule has 0 radical (unpaired) electrons. The first-order valence-electron chi connectivity index (χ1n) is 10.7. The summed E-state index contributed by atoms with van der Waals surface area (Å²) < 4.78 is 64.4. The lowest BCUT2D eigenvalue weighted by Crippen LogP contribution is -2.27. The number of hydrogen-bond acceptors (Lipinski definition) is 10. The van der Waals surface area contributed by atoms with Gasteiger partial charge in [-0.25, -0.2) is 19.0 Å². The van der Waals surface area contributed by atoms with Gasteiger partial charge >= 0.3 is 6.18 Å². The molecule has 0 saturated carbocycles. The summed E-state index contributed by atoms with van der Waals surface area (Å²) in [5.74, 6) is 0.238. The summed E-state index contributed by atoms with van der Waals surface area (Å²) in [5.41, 5.74) is 2.22. The molecule has 0 fully saturated rings. The number of nitrogens with zero attached hydrogens (tertiary/aromatic N) is 8. The van der Waals surface area contributed by atoms with Crippen molar-refractivity contribution in [3.8, 4) is 11.5 Å². The van der Waals surface area contributed by atoms with E-state index in [1.165, 1.54) is 23.3 Å². The zero-order chi connectivity index (χ0) is 26.1. The third-order valence-corrected chi connectivity index (χ3v) is 5.58. The highest BCUT2D eigenvalue weighted by Crippen LogP contribution is 2.29. The predicted molar refractivity (Wildman–Crippen MR) is 128 cm³/mol. The number of rotatable bonds is 7. The topological polar surface area (TPSA) is 135 Å². The fraction of sp³-hybridized carbons (Fsp3) is 0.333. The van der Waals surface area contributed by atoms with Crippen molar-refractivity contribution in [3.05, 3.63) is 48.2 Å². The van der Waals surface area contributed by atoms with Crippen molar-refractivity contribution >= 4 is 33.0 Å². The van der Waals surface area contributed by atoms with Crippen LogP contribution in [0.25, 0.3) is 11.5 Å². The monoisotopic (exact) mass is 521 g/mol. The molecular weight excluding hydrogens is 499 g/mol. The Labute approximate surface area is 204 Å². The molecular formula is C21H22F3N9O2S. The fourth-order valence-electron chi connectivity index (χ4n) is 3.45. The summed E-state index contributed by atoms with van der Waals surface area (Å²) in [7, 11) is -3.46. The second-order valence-electron chi connectivity index (χ2n) is 7.89. The Balaban J connectivity index is 1.71. The first kappa shape index (κ1) is 25.2. The maximum atomic E-state index is 12.7. The number of nitrogens with one attached hydrogen (secondary N) is 1. The van der Waals surface area contributed by atoms with Gasteiger partial charge in [0.25, 0.3) is 5.90 Å². The second-order valence-corrected chi connectivity index (χ2v) is 9.60. The average Bonchev–Trinajstić information content (AvgIpc) is 3.34. The SMILES string of the molecule is CCN(CCC(F)(F)F)c1ccc(/N=C2/C(OS(C)(=N)=O)=Nn3c2nnc3-c2cnccn2)c(C)c1. The minimum atomic E-state index is -4.25. The maximum absolute atomic E-state index is 12.7. The van der Waals surface area contributed by atoms with Crippen LogP contribution in [0.5, 0.6) is 0 Å². The fourth-order valence-corrected chi connectivity index (χ4v) is 3.86. The highest BCUT2D eigenvalue weighted by molar-refractivity contribution is 7.87. The van der Waals surface area contributed by atoms with Crippen molar-refractivity contribution in [2.45, 2.75) is 26.4 Å². The van der Waals surface area contributed by atoms with E-state index in [0.717, 1.165) is 6.26 Å². The Morgan fingerprint density at radius 2 is 1.97 bits per heavy atom. The van der Waals surface area contributed by atoms with Crippen molar-refractivity contribution in [2.75, 3.05) is 24.2 Å². The molecule has 1 atom stereocenters. The number of aryl methyl sites for hydroxylation is 1. The highest BCUT2D eigenvalue weighted by atomic mass is 32.2. The van der Waals surface area contributed by atoms with Crippen molar-refractivity contribution in [1.82, 2.24) is 24.8 Å². The molecule has 11 nitrogen and oxygen atoms in total. The number of aromatic nitrogens is 5. The molecule has 0 aliphatic carbocycles. The highest BCUT2D eigenvalue weighted by Gasteiger charge is 2.33. The zero-order valence-corrected chi connectivity index (χ0v) is 20.3. The van der Waals surface area contributed by atoms with Gasteiger partial charge in [-0.2, -0.15) is 17.8 Å². The largest absolute Gasteiger partial charge is 0.390 e. The molecule has 0 spiro atoms. The Kier molecular flexibility index (Phi) is 6.75. The third-order valence-electron chi connectivity index (χ3n) is 5.10. The van der Waals surface area contributed by atoms with Gasteiger partial charge in [0.2, 0.25) is 21.7 Å². The molecule has 15 heteroatoms. The van der Waals surface area contributed by atoms with Gasteiger partial charge in [-0.05, 0) is 37.6 Å². The van der Waals surface area contributed by atoms with E-state index in [1.807, 2.05) is 0 Å². The zero-order valence-electron chi connectivity index (χ0n) is 19.5. The van der Waals surface area contributed by atoms with Gasteiger partial charge in [0, 0.05) is 31.2 Å². The van der Waals surface area contributed by atoms with E-state index < -0.39 is 22.6 Å². The summed E-state index contributed by atoms with van der Waals surface area (Å²) in [4.78, 5) is 14.4. The molecule has 4 rings (SSSR count). The molecule has 3 heterocycles. The van der Waals surface area contributed by atoms with Crippen molar-refractivity contribution < 1.29 is 21.6 Å². The number of hydrogen-bond donors (Lipinski definition) is 1. The van der Waals surface area contributed by atoms with E-state index in [1.54, 1.807) is 36.9 Å². The van der Waals surface area contributed by atoms with Crippen LogP contribution in [0.15, 0.2) is 46.9 Å². The Morgan fingerprint density at radius 1 is 1.22 bits per heavy atom. The predicted octanol–water partition coefficient (Wildman–Crippen LogP) is 3.73. The van der Waals surface area contributed by atoms with E-state index in [9.17, 15) is 17.4 Å². The van der Waals surface area contributed by atoms with E-state index >= 15 is 0 Å². The second kappa shape index (κ2) is 9.64. The van der Waals surface area contributed by atoms with Crippen LogP contribution in [-0.2, 0) is 14.2 Å². The van der Waals surface area contributed by atoms with Gasteiger partial charge in [0.05, 0.1) is 24.6 Å². The van der Waals surface area contributed by atoms with E-state index in [4.69, 9.17) is 8.96 Å². The molecule has 0 saturated heterocycles. The smallest absolute Gasteiger partial charge is 0.371 e. The van der Waals surface area contributed by atoms with Crippen LogP contribution in [0.4, 0.5) is 24.5 Å². The lowest BCUT2D eigenvalue weighted by atomic mass is 10.1. The van der Waals surface area contributed by atoms with Gasteiger partial charge in [-0.3, -0.25) is 4.98 Å². The molecule has 1 aliphatic heterocycles. The van der Waals surface area contributed by atoms with Gasteiger partial charge in [0.15, 0.2) is 5.71 Å². The molecule has 1 N–H and O–H groups in total. The Hall–Kier alpha value is -3.88. The number of alkyl halides is 3. The number of benzene rings is 1.